The van der Waals surface area contributed by atoms with Crippen LogP contribution in [0.25, 0.3) is 0 Å². The van der Waals surface area contributed by atoms with Crippen molar-refractivity contribution >= 4 is 23.4 Å². The molecule has 112 valence electrons. The number of benzene rings is 2. The van der Waals surface area contributed by atoms with Gasteiger partial charge in [-0.05, 0) is 36.2 Å². The highest BCUT2D eigenvalue weighted by Gasteiger charge is 2.21. The average molecular weight is 322 g/mol. The van der Waals surface area contributed by atoms with E-state index < -0.39 is 0 Å². The number of ether oxygens (including phenoxy) is 1. The van der Waals surface area contributed by atoms with Crippen molar-refractivity contribution in [2.45, 2.75) is 29.5 Å². The Kier molecular flexibility index (Phi) is 5.97. The minimum absolute atomic E-state index is 0.0541. The summed E-state index contributed by atoms with van der Waals surface area (Å²) in [5, 5.41) is 0.906. The zero-order valence-corrected chi connectivity index (χ0v) is 13.8. The predicted molar refractivity (Wildman–Crippen MR) is 91.3 cm³/mol. The molecule has 2 N–H and O–H groups in total. The summed E-state index contributed by atoms with van der Waals surface area (Å²) >= 11 is 7.98. The molecule has 0 heterocycles. The van der Waals surface area contributed by atoms with Gasteiger partial charge in [0.05, 0.1) is 12.1 Å². The molecule has 2 unspecified atom stereocenters. The van der Waals surface area contributed by atoms with Crippen LogP contribution in [0.4, 0.5) is 0 Å². The first-order chi connectivity index (χ1) is 10.2. The monoisotopic (exact) mass is 321 g/mol. The topological polar surface area (TPSA) is 35.2 Å². The van der Waals surface area contributed by atoms with E-state index in [2.05, 4.69) is 13.0 Å². The fourth-order valence-electron chi connectivity index (χ4n) is 2.11. The van der Waals surface area contributed by atoms with Crippen LogP contribution in [-0.2, 0) is 0 Å². The molecule has 2 aromatic carbocycles. The third-order valence-corrected chi connectivity index (χ3v) is 5.30. The van der Waals surface area contributed by atoms with Gasteiger partial charge in [-0.3, -0.25) is 0 Å². The minimum atomic E-state index is 0.0541. The summed E-state index contributed by atoms with van der Waals surface area (Å²) in [6, 6.07) is 16.0. The third kappa shape index (κ3) is 4.16. The van der Waals surface area contributed by atoms with E-state index in [0.717, 1.165) is 27.7 Å². The molecule has 0 fully saturated rings. The lowest BCUT2D eigenvalue weighted by atomic mass is 10.0. The second-order valence-electron chi connectivity index (χ2n) is 4.82. The van der Waals surface area contributed by atoms with Gasteiger partial charge < -0.3 is 10.5 Å². The van der Waals surface area contributed by atoms with Crippen LogP contribution in [0.15, 0.2) is 53.4 Å². The van der Waals surface area contributed by atoms with Crippen LogP contribution in [0.3, 0.4) is 0 Å². The lowest BCUT2D eigenvalue weighted by Crippen LogP contribution is -2.25. The molecule has 0 aliphatic heterocycles. The van der Waals surface area contributed by atoms with E-state index in [4.69, 9.17) is 22.1 Å². The SMILES string of the molecule is CCC(N)C(Sc1ccccc1Cl)c1cccc(OC)c1. The number of nitrogens with two attached hydrogens (primary N) is 1. The van der Waals surface area contributed by atoms with E-state index in [1.54, 1.807) is 18.9 Å². The molecule has 2 aromatic rings. The number of rotatable bonds is 6. The Bertz CT molecular complexity index is 591. The van der Waals surface area contributed by atoms with Gasteiger partial charge in [-0.2, -0.15) is 0 Å². The Balaban J connectivity index is 2.32. The van der Waals surface area contributed by atoms with Crippen molar-refractivity contribution in [2.24, 2.45) is 5.73 Å². The maximum absolute atomic E-state index is 6.33. The molecule has 2 rings (SSSR count). The van der Waals surface area contributed by atoms with Crippen molar-refractivity contribution < 1.29 is 4.74 Å². The molecule has 0 radical (unpaired) electrons. The Morgan fingerprint density at radius 1 is 1.19 bits per heavy atom. The normalized spacial score (nSPS) is 13.7. The van der Waals surface area contributed by atoms with Crippen LogP contribution < -0.4 is 10.5 Å². The van der Waals surface area contributed by atoms with E-state index in [1.165, 1.54) is 0 Å². The number of methoxy groups -OCH3 is 1. The Labute approximate surface area is 135 Å². The highest BCUT2D eigenvalue weighted by molar-refractivity contribution is 7.99. The average Bonchev–Trinajstić information content (AvgIpc) is 2.53. The van der Waals surface area contributed by atoms with Crippen molar-refractivity contribution in [3.8, 4) is 5.75 Å². The number of hydrogen-bond acceptors (Lipinski definition) is 3. The summed E-state index contributed by atoms with van der Waals surface area (Å²) in [7, 11) is 1.68. The van der Waals surface area contributed by atoms with Crippen molar-refractivity contribution in [3.63, 3.8) is 0 Å². The smallest absolute Gasteiger partial charge is 0.119 e. The summed E-state index contributed by atoms with van der Waals surface area (Å²) in [4.78, 5) is 1.05. The van der Waals surface area contributed by atoms with Crippen LogP contribution in [0.1, 0.15) is 24.2 Å². The molecule has 0 saturated heterocycles. The van der Waals surface area contributed by atoms with E-state index >= 15 is 0 Å². The molecular formula is C17H20ClNOS. The Hall–Kier alpha value is -1.16. The molecule has 0 saturated carbocycles. The minimum Gasteiger partial charge on any atom is -0.497 e. The lowest BCUT2D eigenvalue weighted by molar-refractivity contribution is 0.414. The highest BCUT2D eigenvalue weighted by atomic mass is 35.5. The van der Waals surface area contributed by atoms with E-state index in [1.807, 2.05) is 42.5 Å². The van der Waals surface area contributed by atoms with Crippen LogP contribution in [0.2, 0.25) is 5.02 Å². The molecule has 2 atom stereocenters. The van der Waals surface area contributed by atoms with Gasteiger partial charge in [0, 0.05) is 16.2 Å². The quantitative estimate of drug-likeness (QED) is 0.767. The second kappa shape index (κ2) is 7.74. The maximum atomic E-state index is 6.33. The molecule has 21 heavy (non-hydrogen) atoms. The Morgan fingerprint density at radius 2 is 1.95 bits per heavy atom. The first-order valence-electron chi connectivity index (χ1n) is 6.96. The molecule has 0 bridgehead atoms. The number of thioether (sulfide) groups is 1. The molecule has 0 amide bonds. The molecular weight excluding hydrogens is 302 g/mol. The van der Waals surface area contributed by atoms with Gasteiger partial charge in [-0.1, -0.05) is 42.8 Å². The van der Waals surface area contributed by atoms with E-state index in [-0.39, 0.29) is 11.3 Å². The van der Waals surface area contributed by atoms with Crippen LogP contribution >= 0.6 is 23.4 Å². The van der Waals surface area contributed by atoms with Gasteiger partial charge in [-0.15, -0.1) is 11.8 Å². The largest absolute Gasteiger partial charge is 0.497 e. The molecule has 0 aliphatic carbocycles. The predicted octanol–water partition coefficient (Wildman–Crippen LogP) is 4.92. The molecule has 4 heteroatoms. The van der Waals surface area contributed by atoms with Crippen molar-refractivity contribution in [1.82, 2.24) is 0 Å². The fourth-order valence-corrected chi connectivity index (χ4v) is 3.64. The maximum Gasteiger partial charge on any atom is 0.119 e. The van der Waals surface area contributed by atoms with Gasteiger partial charge in [0.25, 0.3) is 0 Å². The van der Waals surface area contributed by atoms with E-state index in [9.17, 15) is 0 Å². The third-order valence-electron chi connectivity index (χ3n) is 3.37. The highest BCUT2D eigenvalue weighted by Crippen LogP contribution is 2.41. The molecule has 0 aliphatic rings. The van der Waals surface area contributed by atoms with Gasteiger partial charge >= 0.3 is 0 Å². The number of hydrogen-bond donors (Lipinski definition) is 1. The van der Waals surface area contributed by atoms with Crippen molar-refractivity contribution in [3.05, 3.63) is 59.1 Å². The van der Waals surface area contributed by atoms with Crippen molar-refractivity contribution in [2.75, 3.05) is 7.11 Å². The second-order valence-corrected chi connectivity index (χ2v) is 6.41. The summed E-state index contributed by atoms with van der Waals surface area (Å²) in [5.41, 5.74) is 7.49. The number of halogens is 1. The van der Waals surface area contributed by atoms with Crippen LogP contribution in [-0.4, -0.2) is 13.2 Å². The van der Waals surface area contributed by atoms with Gasteiger partial charge in [0.2, 0.25) is 0 Å². The summed E-state index contributed by atoms with van der Waals surface area (Å²) in [6.45, 7) is 2.10. The Morgan fingerprint density at radius 3 is 2.62 bits per heavy atom. The van der Waals surface area contributed by atoms with Crippen molar-refractivity contribution in [1.29, 1.82) is 0 Å². The summed E-state index contributed by atoms with van der Waals surface area (Å²) in [6.07, 6.45) is 0.902. The van der Waals surface area contributed by atoms with Gasteiger partial charge in [-0.25, -0.2) is 0 Å². The summed E-state index contributed by atoms with van der Waals surface area (Å²) < 4.78 is 5.32. The molecule has 0 spiro atoms. The van der Waals surface area contributed by atoms with Gasteiger partial charge in [0.1, 0.15) is 5.75 Å². The first-order valence-corrected chi connectivity index (χ1v) is 8.22. The van der Waals surface area contributed by atoms with Crippen LogP contribution in [0, 0.1) is 0 Å². The summed E-state index contributed by atoms with van der Waals surface area (Å²) in [5.74, 6) is 0.848. The van der Waals surface area contributed by atoms with E-state index in [0.29, 0.717) is 0 Å². The lowest BCUT2D eigenvalue weighted by Gasteiger charge is -2.23. The molecule has 2 nitrogen and oxygen atoms in total. The zero-order valence-electron chi connectivity index (χ0n) is 12.3. The molecule has 0 aromatic heterocycles. The standard InChI is InChI=1S/C17H20ClNOS/c1-3-15(19)17(12-7-6-8-13(11-12)20-2)21-16-10-5-4-9-14(16)18/h4-11,15,17H,3,19H2,1-2H3. The van der Waals surface area contributed by atoms with Gasteiger partial charge in [0.15, 0.2) is 0 Å². The first kappa shape index (κ1) is 16.2. The zero-order chi connectivity index (χ0) is 15.2. The van der Waals surface area contributed by atoms with Crippen LogP contribution in [0.5, 0.6) is 5.75 Å². The fraction of sp³-hybridized carbons (Fsp3) is 0.294.